The zero-order valence-corrected chi connectivity index (χ0v) is 16.4. The van der Waals surface area contributed by atoms with E-state index >= 15 is 0 Å². The van der Waals surface area contributed by atoms with Crippen molar-refractivity contribution in [2.75, 3.05) is 0 Å². The first-order chi connectivity index (χ1) is 14.3. The molecule has 8 heteroatoms. The van der Waals surface area contributed by atoms with Gasteiger partial charge < -0.3 is 21.7 Å². The van der Waals surface area contributed by atoms with Crippen LogP contribution in [-0.4, -0.2) is 7.25 Å². The van der Waals surface area contributed by atoms with Crippen molar-refractivity contribution >= 4 is 29.8 Å². The molecule has 154 valence electrons. The van der Waals surface area contributed by atoms with Gasteiger partial charge >= 0.3 is 7.25 Å². The van der Waals surface area contributed by atoms with Crippen LogP contribution in [0, 0.1) is 0 Å². The van der Waals surface area contributed by atoms with Gasteiger partial charge in [0, 0.05) is 16.1 Å². The molecule has 1 aromatic heterocycles. The largest absolute Gasteiger partial charge is 0.673 e. The van der Waals surface area contributed by atoms with Gasteiger partial charge in [-0.05, 0) is 18.2 Å². The number of rotatable bonds is 3. The molecule has 4 aromatic rings. The number of hydrogen-bond donors (Lipinski definition) is 1. The van der Waals surface area contributed by atoms with E-state index in [9.17, 15) is 17.3 Å². The fourth-order valence-electron chi connectivity index (χ4n) is 2.84. The van der Waals surface area contributed by atoms with Crippen LogP contribution in [0.5, 0.6) is 0 Å². The minimum absolute atomic E-state index is 0.693. The van der Waals surface area contributed by atoms with Crippen molar-refractivity contribution in [3.05, 3.63) is 101 Å². The molecule has 0 saturated heterocycles. The molecule has 0 radical (unpaired) electrons. The summed E-state index contributed by atoms with van der Waals surface area (Å²) in [5.74, 6) is 0.825. The van der Waals surface area contributed by atoms with Gasteiger partial charge in [0.1, 0.15) is 11.3 Å². The van der Waals surface area contributed by atoms with Crippen molar-refractivity contribution in [1.82, 2.24) is 0 Å². The number of nitrogens with one attached hydrogen (secondary N) is 1. The van der Waals surface area contributed by atoms with E-state index in [-0.39, 0.29) is 0 Å². The molecule has 3 aromatic carbocycles. The first-order valence-electron chi connectivity index (χ1n) is 9.06. The quantitative estimate of drug-likeness (QED) is 0.347. The Kier molecular flexibility index (Phi) is 6.95. The molecule has 0 aliphatic carbocycles. The van der Waals surface area contributed by atoms with Crippen LogP contribution < -0.4 is 10.3 Å². The second kappa shape index (κ2) is 9.63. The Morgan fingerprint density at radius 3 is 2.03 bits per heavy atom. The van der Waals surface area contributed by atoms with Crippen LogP contribution in [0.4, 0.5) is 17.3 Å². The zero-order valence-electron chi connectivity index (χ0n) is 15.7. The van der Waals surface area contributed by atoms with Crippen LogP contribution in [-0.2, 0) is 6.54 Å². The lowest BCUT2D eigenvalue weighted by Gasteiger charge is -2.03. The van der Waals surface area contributed by atoms with E-state index in [2.05, 4.69) is 17.1 Å². The normalized spacial score (nSPS) is 11.8. The van der Waals surface area contributed by atoms with Crippen LogP contribution >= 0.6 is 11.6 Å². The molecule has 0 bridgehead atoms. The Hall–Kier alpha value is -3.06. The van der Waals surface area contributed by atoms with E-state index in [1.807, 2.05) is 72.8 Å². The van der Waals surface area contributed by atoms with Gasteiger partial charge in [0.2, 0.25) is 5.36 Å². The second-order valence-corrected chi connectivity index (χ2v) is 6.80. The van der Waals surface area contributed by atoms with Gasteiger partial charge in [0.15, 0.2) is 6.54 Å². The maximum atomic E-state index is 9.75. The molecule has 0 amide bonds. The number of fused-ring (bicyclic) bond motifs is 1. The average Bonchev–Trinajstić information content (AvgIpc) is 2.72. The monoisotopic (exact) mass is 433 g/mol. The predicted octanol–water partition coefficient (Wildman–Crippen LogP) is 5.23. The molecule has 0 spiro atoms. The van der Waals surface area contributed by atoms with Crippen LogP contribution in [0.2, 0.25) is 5.02 Å². The molecule has 0 aliphatic rings. The lowest BCUT2D eigenvalue weighted by molar-refractivity contribution is -0.516. The van der Waals surface area contributed by atoms with Crippen LogP contribution in [0.15, 0.2) is 89.3 Å². The Morgan fingerprint density at radius 2 is 1.40 bits per heavy atom. The highest BCUT2D eigenvalue weighted by Gasteiger charge is 2.20. The van der Waals surface area contributed by atoms with Crippen LogP contribution in [0.25, 0.3) is 22.3 Å². The molecule has 0 saturated carbocycles. The topological polar surface area (TPSA) is 27.1 Å². The summed E-state index contributed by atoms with van der Waals surface area (Å²) in [5.41, 5.74) is 3.07. The van der Waals surface area contributed by atoms with Crippen molar-refractivity contribution in [2.45, 2.75) is 6.54 Å². The minimum atomic E-state index is -6.00. The second-order valence-electron chi connectivity index (χ2n) is 6.36. The molecular weight excluding hydrogens is 417 g/mol. The summed E-state index contributed by atoms with van der Waals surface area (Å²) < 4.78 is 45.1. The third kappa shape index (κ3) is 6.49. The Balaban J connectivity index is 0.000000461. The third-order valence-electron chi connectivity index (χ3n) is 4.11. The number of hydrogen-bond acceptors (Lipinski definition) is 1. The fourth-order valence-corrected chi connectivity index (χ4v) is 3.01. The summed E-state index contributed by atoms with van der Waals surface area (Å²) in [6.07, 6.45) is 0. The van der Waals surface area contributed by atoms with Crippen molar-refractivity contribution in [1.29, 1.82) is 0 Å². The standard InChI is InChI=1S/C22H16ClNO.BF4/c23-18-11-12-21-19(13-18)20(24-15-16-7-3-1-4-8-16)14-22(25-21)17-9-5-2-6-10-17;2-1(3,4)5/h1-14H,15H2;/q;-1/p+1. The highest BCUT2D eigenvalue weighted by molar-refractivity contribution is 6.50. The predicted molar refractivity (Wildman–Crippen MR) is 111 cm³/mol. The van der Waals surface area contributed by atoms with Gasteiger partial charge in [-0.15, -0.1) is 0 Å². The number of benzene rings is 3. The molecule has 4 rings (SSSR count). The first-order valence-corrected chi connectivity index (χ1v) is 9.44. The highest BCUT2D eigenvalue weighted by atomic mass is 35.5. The van der Waals surface area contributed by atoms with Gasteiger partial charge in [0.25, 0.3) is 0 Å². The van der Waals surface area contributed by atoms with E-state index in [1.54, 1.807) is 0 Å². The molecule has 2 nitrogen and oxygen atoms in total. The smallest absolute Gasteiger partial charge is 0.456 e. The van der Waals surface area contributed by atoms with Gasteiger partial charge in [-0.2, -0.15) is 0 Å². The number of halogens is 5. The minimum Gasteiger partial charge on any atom is -0.456 e. The average molecular weight is 434 g/mol. The van der Waals surface area contributed by atoms with E-state index in [0.29, 0.717) is 5.02 Å². The fraction of sp³-hybridized carbons (Fsp3) is 0.0455. The maximum Gasteiger partial charge on any atom is 0.673 e. The molecule has 30 heavy (non-hydrogen) atoms. The summed E-state index contributed by atoms with van der Waals surface area (Å²) in [7, 11) is -6.00. The third-order valence-corrected chi connectivity index (χ3v) is 4.35. The van der Waals surface area contributed by atoms with Gasteiger partial charge in [-0.3, -0.25) is 0 Å². The lowest BCUT2D eigenvalue weighted by Crippen LogP contribution is -2.75. The maximum absolute atomic E-state index is 9.75. The Bertz CT molecular complexity index is 1170. The molecule has 0 aliphatic heterocycles. The molecule has 0 unspecified atom stereocenters. The summed E-state index contributed by atoms with van der Waals surface area (Å²) >= 11 is 6.20. The molecular formula is C22H17BClF4NO. The van der Waals surface area contributed by atoms with Crippen molar-refractivity contribution in [3.8, 4) is 11.3 Å². The summed E-state index contributed by atoms with van der Waals surface area (Å²) in [6, 6.07) is 28.2. The van der Waals surface area contributed by atoms with Crippen LogP contribution in [0.3, 0.4) is 0 Å². The first kappa shape index (κ1) is 21.6. The highest BCUT2D eigenvalue weighted by Crippen LogP contribution is 2.23. The van der Waals surface area contributed by atoms with E-state index < -0.39 is 7.25 Å². The van der Waals surface area contributed by atoms with E-state index in [0.717, 1.165) is 34.2 Å². The van der Waals surface area contributed by atoms with Gasteiger partial charge in [-0.1, -0.05) is 72.3 Å². The Labute approximate surface area is 175 Å². The molecule has 0 atom stereocenters. The van der Waals surface area contributed by atoms with Gasteiger partial charge in [0.05, 0.1) is 11.5 Å². The van der Waals surface area contributed by atoms with E-state index in [1.165, 1.54) is 5.56 Å². The molecule has 1 N–H and O–H groups in total. The van der Waals surface area contributed by atoms with Crippen LogP contribution in [0.1, 0.15) is 5.56 Å². The SMILES string of the molecule is Clc1ccc2oc(-c3ccccc3)cc(=[NH+]Cc3ccccc3)c2c1.F[B-](F)(F)F. The van der Waals surface area contributed by atoms with E-state index in [4.69, 9.17) is 16.0 Å². The summed E-state index contributed by atoms with van der Waals surface area (Å²) in [5, 5.41) is 2.67. The Morgan fingerprint density at radius 1 is 0.800 bits per heavy atom. The molecule has 1 heterocycles. The molecule has 0 fully saturated rings. The summed E-state index contributed by atoms with van der Waals surface area (Å²) in [4.78, 5) is 3.52. The zero-order chi connectivity index (χ0) is 21.6. The lowest BCUT2D eigenvalue weighted by atomic mass is 10.1. The van der Waals surface area contributed by atoms with Gasteiger partial charge in [-0.25, -0.2) is 4.99 Å². The van der Waals surface area contributed by atoms with Crippen molar-refractivity contribution in [3.63, 3.8) is 0 Å². The summed E-state index contributed by atoms with van der Waals surface area (Å²) in [6.45, 7) is 0.737. The van der Waals surface area contributed by atoms with Crippen molar-refractivity contribution in [2.24, 2.45) is 0 Å². The van der Waals surface area contributed by atoms with Crippen molar-refractivity contribution < 1.29 is 26.7 Å².